The lowest BCUT2D eigenvalue weighted by molar-refractivity contribution is -0.131. The second-order valence-electron chi connectivity index (χ2n) is 18.1. The highest BCUT2D eigenvalue weighted by atomic mass is 32.2. The summed E-state index contributed by atoms with van der Waals surface area (Å²) in [5, 5.41) is 11.2. The standard InChI is InChI=1S/C21H24O2S.C20H22O2S.C19H20O3/c1-3-24-21-17(13-16-11-7-8-12-18(16)21)14-19(22)20(23-2)15-9-5-4-6-10-15;1-22-19(14-8-4-3-5-9-14)18(21)13-16-12-15-10-6-7-11-17(15)20(16)23-2;1-22-19(13-7-3-2-4-8-13)17(20)12-15-11-14-9-5-6-10-16(14)18(15)21/h4-12,17,20-21H,3,13-14H2,1-2H3;3-11,16,19-20H,12-13H2,1-2H3;2-10,15,18-19,21H,11-12H2,1H3/t17?,20-,21?;16?,19-,20?;15?,18?,19-/m000/s1. The molecule has 0 heterocycles. The summed E-state index contributed by atoms with van der Waals surface area (Å²) < 4.78 is 16.4. The fourth-order valence-electron chi connectivity index (χ4n) is 10.5. The average molecular weight is 963 g/mol. The third-order valence-electron chi connectivity index (χ3n) is 13.7. The van der Waals surface area contributed by atoms with Crippen LogP contribution in [0.4, 0.5) is 0 Å². The van der Waals surface area contributed by atoms with Gasteiger partial charge in [0.1, 0.15) is 18.3 Å². The lowest BCUT2D eigenvalue weighted by Crippen LogP contribution is -2.20. The van der Waals surface area contributed by atoms with Gasteiger partial charge in [-0.3, -0.25) is 14.4 Å². The molecular weight excluding hydrogens is 897 g/mol. The van der Waals surface area contributed by atoms with Crippen molar-refractivity contribution in [3.05, 3.63) is 214 Å². The van der Waals surface area contributed by atoms with Gasteiger partial charge in [0.2, 0.25) is 0 Å². The van der Waals surface area contributed by atoms with Crippen LogP contribution in [0, 0.1) is 17.8 Å². The summed E-state index contributed by atoms with van der Waals surface area (Å²) in [6.07, 6.45) is 4.28. The number of hydrogen-bond acceptors (Lipinski definition) is 9. The molecule has 0 spiro atoms. The molecule has 0 bridgehead atoms. The van der Waals surface area contributed by atoms with Crippen molar-refractivity contribution in [2.24, 2.45) is 17.8 Å². The van der Waals surface area contributed by atoms with E-state index in [1.54, 1.807) is 21.3 Å². The first kappa shape index (κ1) is 51.7. The Bertz CT molecular complexity index is 2570. The first-order chi connectivity index (χ1) is 33.7. The van der Waals surface area contributed by atoms with Crippen LogP contribution in [-0.4, -0.2) is 55.8 Å². The van der Waals surface area contributed by atoms with Crippen LogP contribution in [0.5, 0.6) is 0 Å². The normalized spacial score (nSPS) is 21.0. The molecule has 9 heteroatoms. The number of fused-ring (bicyclic) bond motifs is 3. The summed E-state index contributed by atoms with van der Waals surface area (Å²) in [6, 6.07) is 54.1. The van der Waals surface area contributed by atoms with Crippen LogP contribution in [-0.2, 0) is 47.9 Å². The Kier molecular flexibility index (Phi) is 19.2. The number of methoxy groups -OCH3 is 3. The smallest absolute Gasteiger partial charge is 0.166 e. The molecule has 0 fully saturated rings. The molecule has 6 aromatic rings. The topological polar surface area (TPSA) is 99.1 Å². The van der Waals surface area contributed by atoms with Crippen molar-refractivity contribution in [2.75, 3.05) is 33.3 Å². The monoisotopic (exact) mass is 962 g/mol. The molecule has 0 amide bonds. The third kappa shape index (κ3) is 12.8. The van der Waals surface area contributed by atoms with Gasteiger partial charge in [0.05, 0.1) is 6.10 Å². The molecule has 3 aliphatic carbocycles. The van der Waals surface area contributed by atoms with Gasteiger partial charge >= 0.3 is 0 Å². The highest BCUT2D eigenvalue weighted by molar-refractivity contribution is 7.99. The fourth-order valence-corrected chi connectivity index (χ4v) is 12.8. The van der Waals surface area contributed by atoms with E-state index >= 15 is 0 Å². The van der Waals surface area contributed by atoms with Crippen LogP contribution >= 0.6 is 23.5 Å². The Labute approximate surface area is 417 Å². The van der Waals surface area contributed by atoms with E-state index in [1.165, 1.54) is 22.3 Å². The highest BCUT2D eigenvalue weighted by Gasteiger charge is 2.37. The summed E-state index contributed by atoms with van der Waals surface area (Å²) in [5.74, 6) is 2.10. The Morgan fingerprint density at radius 2 is 0.797 bits per heavy atom. The summed E-state index contributed by atoms with van der Waals surface area (Å²) in [4.78, 5) is 38.3. The average Bonchev–Trinajstić information content (AvgIpc) is 4.03. The predicted octanol–water partition coefficient (Wildman–Crippen LogP) is 12.8. The van der Waals surface area contributed by atoms with Gasteiger partial charge in [-0.25, -0.2) is 0 Å². The molecule has 6 unspecified atom stereocenters. The zero-order chi connectivity index (χ0) is 48.7. The molecule has 7 nitrogen and oxygen atoms in total. The molecule has 1 N–H and O–H groups in total. The molecule has 360 valence electrons. The number of aliphatic hydroxyl groups is 1. The summed E-state index contributed by atoms with van der Waals surface area (Å²) >= 11 is 3.80. The maximum absolute atomic E-state index is 12.9. The van der Waals surface area contributed by atoms with Crippen LogP contribution in [0.25, 0.3) is 0 Å². The zero-order valence-corrected chi connectivity index (χ0v) is 42.1. The van der Waals surface area contributed by atoms with E-state index in [0.717, 1.165) is 52.8 Å². The lowest BCUT2D eigenvalue weighted by Gasteiger charge is -2.22. The molecule has 9 atom stereocenters. The van der Waals surface area contributed by atoms with Crippen LogP contribution < -0.4 is 0 Å². The number of carbonyl (C=O) groups is 3. The van der Waals surface area contributed by atoms with Crippen molar-refractivity contribution in [3.63, 3.8) is 0 Å². The molecule has 0 aromatic heterocycles. The van der Waals surface area contributed by atoms with E-state index in [1.807, 2.05) is 139 Å². The number of rotatable bonds is 18. The van der Waals surface area contributed by atoms with Crippen LogP contribution in [0.2, 0.25) is 0 Å². The number of ether oxygens (including phenoxy) is 3. The van der Waals surface area contributed by atoms with Crippen molar-refractivity contribution >= 4 is 40.9 Å². The summed E-state index contributed by atoms with van der Waals surface area (Å²) in [7, 11) is 4.79. The third-order valence-corrected chi connectivity index (χ3v) is 16.2. The van der Waals surface area contributed by atoms with Crippen molar-refractivity contribution in [1.29, 1.82) is 0 Å². The Morgan fingerprint density at radius 1 is 0.478 bits per heavy atom. The van der Waals surface area contributed by atoms with E-state index in [-0.39, 0.29) is 23.3 Å². The van der Waals surface area contributed by atoms with E-state index in [0.29, 0.717) is 41.6 Å². The minimum absolute atomic E-state index is 0.0190. The summed E-state index contributed by atoms with van der Waals surface area (Å²) in [5.41, 5.74) is 10.4. The van der Waals surface area contributed by atoms with E-state index in [4.69, 9.17) is 14.2 Å². The lowest BCUT2D eigenvalue weighted by atomic mass is 9.92. The summed E-state index contributed by atoms with van der Waals surface area (Å²) in [6.45, 7) is 2.19. The molecule has 0 saturated carbocycles. The van der Waals surface area contributed by atoms with Gasteiger partial charge in [0.15, 0.2) is 17.3 Å². The van der Waals surface area contributed by atoms with E-state index in [2.05, 4.69) is 61.7 Å². The molecule has 0 radical (unpaired) electrons. The van der Waals surface area contributed by atoms with Crippen LogP contribution in [0.1, 0.15) is 111 Å². The first-order valence-electron chi connectivity index (χ1n) is 24.1. The number of Topliss-reactive ketones (excluding diaryl/α,β-unsaturated/α-hetero) is 3. The highest BCUT2D eigenvalue weighted by Crippen LogP contribution is 2.48. The quantitative estimate of drug-likeness (QED) is 0.0903. The molecule has 3 aliphatic rings. The van der Waals surface area contributed by atoms with Crippen molar-refractivity contribution in [3.8, 4) is 0 Å². The second-order valence-corrected chi connectivity index (χ2v) is 20.5. The van der Waals surface area contributed by atoms with E-state index < -0.39 is 24.4 Å². The minimum atomic E-state index is -0.562. The predicted molar refractivity (Wildman–Crippen MR) is 280 cm³/mol. The van der Waals surface area contributed by atoms with Crippen molar-refractivity contribution in [1.82, 2.24) is 0 Å². The van der Waals surface area contributed by atoms with Crippen molar-refractivity contribution in [2.45, 2.75) is 80.4 Å². The molecule has 6 aromatic carbocycles. The molecule has 69 heavy (non-hydrogen) atoms. The SMILES string of the molecule is CCSC1c2ccccc2CC1CC(=O)[C@@H](OC)c1ccccc1.CO[C@H](C(=O)CC1Cc2ccccc2C1O)c1ccccc1.CO[C@H](C(=O)CC1Cc2ccccc2C1SC)c1ccccc1. The van der Waals surface area contributed by atoms with Gasteiger partial charge in [-0.1, -0.05) is 171 Å². The van der Waals surface area contributed by atoms with E-state index in [9.17, 15) is 19.5 Å². The minimum Gasteiger partial charge on any atom is -0.388 e. The Hall–Kier alpha value is -5.13. The van der Waals surface area contributed by atoms with Gasteiger partial charge < -0.3 is 19.3 Å². The largest absolute Gasteiger partial charge is 0.388 e. The number of aliphatic hydroxyl groups excluding tert-OH is 1. The Morgan fingerprint density at radius 3 is 1.17 bits per heavy atom. The molecular formula is C60H66O7S2. The van der Waals surface area contributed by atoms with Crippen molar-refractivity contribution < 1.29 is 33.7 Å². The zero-order valence-electron chi connectivity index (χ0n) is 40.4. The number of ketones is 3. The van der Waals surface area contributed by atoms with Gasteiger partial charge in [-0.15, -0.1) is 0 Å². The van der Waals surface area contributed by atoms with Gasteiger partial charge in [0.25, 0.3) is 0 Å². The maximum Gasteiger partial charge on any atom is 0.166 e. The molecule has 0 aliphatic heterocycles. The number of benzene rings is 6. The molecule has 9 rings (SSSR count). The Balaban J connectivity index is 0.000000153. The number of thioether (sulfide) groups is 2. The van der Waals surface area contributed by atoms with Gasteiger partial charge in [-0.2, -0.15) is 23.5 Å². The molecule has 0 saturated heterocycles. The second kappa shape index (κ2) is 25.6. The van der Waals surface area contributed by atoms with Gasteiger partial charge in [0, 0.05) is 57.0 Å². The van der Waals surface area contributed by atoms with Gasteiger partial charge in [-0.05, 0) is 93.2 Å². The fraction of sp³-hybridized carbons (Fsp3) is 0.350. The number of hydrogen-bond donors (Lipinski definition) is 1. The number of carbonyl (C=O) groups excluding carboxylic acids is 3. The van der Waals surface area contributed by atoms with Crippen LogP contribution in [0.3, 0.4) is 0 Å². The first-order valence-corrected chi connectivity index (χ1v) is 26.4. The maximum atomic E-state index is 12.9. The van der Waals surface area contributed by atoms with Crippen LogP contribution in [0.15, 0.2) is 164 Å².